The van der Waals surface area contributed by atoms with Crippen LogP contribution in [0.3, 0.4) is 0 Å². The number of carbonyl (C=O) groups excluding carboxylic acids is 2. The number of nitrogen functional groups attached to an aromatic ring is 1. The summed E-state index contributed by atoms with van der Waals surface area (Å²) in [7, 11) is 3.33. The van der Waals surface area contributed by atoms with Gasteiger partial charge in [-0.25, -0.2) is 9.97 Å². The average molecular weight is 603 g/mol. The van der Waals surface area contributed by atoms with E-state index in [-0.39, 0.29) is 18.3 Å². The predicted molar refractivity (Wildman–Crippen MR) is 174 cm³/mol. The van der Waals surface area contributed by atoms with E-state index in [1.54, 1.807) is 0 Å². The van der Waals surface area contributed by atoms with E-state index >= 15 is 0 Å². The summed E-state index contributed by atoms with van der Waals surface area (Å²) in [6, 6.07) is 15.8. The molecule has 0 aliphatic carbocycles. The molecule has 2 heterocycles. The van der Waals surface area contributed by atoms with Gasteiger partial charge in [0.1, 0.15) is 11.3 Å². The highest BCUT2D eigenvalue weighted by Crippen LogP contribution is 2.29. The Morgan fingerprint density at radius 2 is 1.73 bits per heavy atom. The summed E-state index contributed by atoms with van der Waals surface area (Å²) in [5.74, 6) is 1.22. The van der Waals surface area contributed by atoms with Crippen molar-refractivity contribution in [2.24, 2.45) is 0 Å². The van der Waals surface area contributed by atoms with E-state index in [1.807, 2.05) is 66.2 Å². The molecule has 2 N–H and O–H groups in total. The molecule has 4 rings (SSSR count). The highest BCUT2D eigenvalue weighted by Gasteiger charge is 2.20. The fraction of sp³-hybridized carbons (Fsp3) is 0.471. The Morgan fingerprint density at radius 3 is 2.45 bits per heavy atom. The number of benzene rings is 2. The minimum absolute atomic E-state index is 0.0585. The van der Waals surface area contributed by atoms with Gasteiger partial charge in [-0.2, -0.15) is 0 Å². The molecule has 10 nitrogen and oxygen atoms in total. The maximum atomic E-state index is 13.6. The number of amides is 1. The molecular formula is C34H46N6O4. The lowest BCUT2D eigenvalue weighted by atomic mass is 10.1. The fourth-order valence-electron chi connectivity index (χ4n) is 5.38. The number of fused-ring (bicyclic) bond motifs is 3. The van der Waals surface area contributed by atoms with Crippen LogP contribution in [0.25, 0.3) is 21.9 Å². The molecule has 0 bridgehead atoms. The molecule has 0 aliphatic rings. The maximum absolute atomic E-state index is 13.6. The lowest BCUT2D eigenvalue weighted by Gasteiger charge is -2.26. The second-order valence-electron chi connectivity index (χ2n) is 11.2. The van der Waals surface area contributed by atoms with E-state index in [1.165, 1.54) is 7.11 Å². The normalized spacial score (nSPS) is 11.5. The molecule has 0 saturated carbocycles. The molecule has 44 heavy (non-hydrogen) atoms. The molecule has 2 aromatic carbocycles. The van der Waals surface area contributed by atoms with Crippen molar-refractivity contribution in [3.63, 3.8) is 0 Å². The smallest absolute Gasteiger partial charge is 0.309 e. The Hall–Kier alpha value is -4.02. The van der Waals surface area contributed by atoms with Crippen LogP contribution in [0.1, 0.15) is 50.1 Å². The standard InChI is InChI=1S/C34H46N6O4/c1-5-7-13-29-37-32-33(27-11-8-9-12-28(27)36-34(32)35)40(29)19-10-18-39(30(41)24-38(3)20-21-44-6-2)23-26-16-14-25(15-17-26)22-31(42)43-4/h8-9,11-12,14-17H,5-7,10,13,18-24H2,1-4H3,(H2,35,36). The highest BCUT2D eigenvalue weighted by atomic mass is 16.5. The summed E-state index contributed by atoms with van der Waals surface area (Å²) < 4.78 is 12.6. The van der Waals surface area contributed by atoms with Crippen LogP contribution >= 0.6 is 0 Å². The van der Waals surface area contributed by atoms with Gasteiger partial charge in [0, 0.05) is 44.6 Å². The summed E-state index contributed by atoms with van der Waals surface area (Å²) in [6.07, 6.45) is 3.91. The monoisotopic (exact) mass is 602 g/mol. The molecule has 4 aromatic rings. The van der Waals surface area contributed by atoms with E-state index in [9.17, 15) is 9.59 Å². The Kier molecular flexibility index (Phi) is 12.1. The number of aromatic nitrogens is 3. The molecule has 0 spiro atoms. The highest BCUT2D eigenvalue weighted by molar-refractivity contribution is 6.06. The first-order chi connectivity index (χ1) is 21.3. The van der Waals surface area contributed by atoms with Crippen LogP contribution in [0.2, 0.25) is 0 Å². The Morgan fingerprint density at radius 1 is 0.977 bits per heavy atom. The summed E-state index contributed by atoms with van der Waals surface area (Å²) in [5.41, 5.74) is 10.9. The van der Waals surface area contributed by atoms with Gasteiger partial charge in [0.05, 0.1) is 37.7 Å². The maximum Gasteiger partial charge on any atom is 0.309 e. The molecule has 0 atom stereocenters. The summed E-state index contributed by atoms with van der Waals surface area (Å²) in [6.45, 7) is 8.11. The van der Waals surface area contributed by atoms with E-state index < -0.39 is 0 Å². The van der Waals surface area contributed by atoms with Gasteiger partial charge in [0.25, 0.3) is 0 Å². The van der Waals surface area contributed by atoms with Gasteiger partial charge in [-0.3, -0.25) is 14.5 Å². The first kappa shape index (κ1) is 32.9. The van der Waals surface area contributed by atoms with Crippen LogP contribution in [0.15, 0.2) is 48.5 Å². The molecule has 10 heteroatoms. The molecule has 0 fully saturated rings. The van der Waals surface area contributed by atoms with Crippen LogP contribution in [-0.2, 0) is 45.0 Å². The third-order valence-electron chi connectivity index (χ3n) is 7.80. The minimum atomic E-state index is -0.278. The van der Waals surface area contributed by atoms with Crippen molar-refractivity contribution in [1.82, 2.24) is 24.3 Å². The van der Waals surface area contributed by atoms with Crippen molar-refractivity contribution < 1.29 is 19.1 Å². The number of aryl methyl sites for hydroxylation is 2. The van der Waals surface area contributed by atoms with Gasteiger partial charge >= 0.3 is 5.97 Å². The number of hydrogen-bond acceptors (Lipinski definition) is 8. The van der Waals surface area contributed by atoms with Gasteiger partial charge < -0.3 is 24.7 Å². The number of esters is 1. The number of imidazole rings is 1. The zero-order valence-electron chi connectivity index (χ0n) is 26.6. The van der Waals surface area contributed by atoms with Gasteiger partial charge in [0.15, 0.2) is 5.82 Å². The SMILES string of the molecule is CCCCc1nc2c(N)nc3ccccc3c2n1CCCN(Cc1ccc(CC(=O)OC)cc1)C(=O)CN(C)CCOCC. The molecule has 2 aromatic heterocycles. The second kappa shape index (κ2) is 16.2. The topological polar surface area (TPSA) is 116 Å². The van der Waals surface area contributed by atoms with Crippen molar-refractivity contribution in [2.75, 3.05) is 52.7 Å². The molecule has 0 radical (unpaired) electrons. The quantitative estimate of drug-likeness (QED) is 0.138. The zero-order valence-corrected chi connectivity index (χ0v) is 26.6. The Balaban J connectivity index is 1.55. The average Bonchev–Trinajstić information content (AvgIpc) is 3.39. The fourth-order valence-corrected chi connectivity index (χ4v) is 5.38. The van der Waals surface area contributed by atoms with Gasteiger partial charge in [-0.1, -0.05) is 55.8 Å². The summed E-state index contributed by atoms with van der Waals surface area (Å²) in [4.78, 5) is 38.8. The van der Waals surface area contributed by atoms with E-state index in [0.717, 1.165) is 64.6 Å². The van der Waals surface area contributed by atoms with Crippen LogP contribution < -0.4 is 5.73 Å². The van der Waals surface area contributed by atoms with E-state index in [4.69, 9.17) is 20.2 Å². The number of ether oxygens (including phenoxy) is 2. The number of unbranched alkanes of at least 4 members (excludes halogenated alkanes) is 1. The molecule has 0 aliphatic heterocycles. The number of nitrogens with two attached hydrogens (primary N) is 1. The van der Waals surface area contributed by atoms with Crippen LogP contribution in [0.4, 0.5) is 5.82 Å². The first-order valence-corrected chi connectivity index (χ1v) is 15.6. The molecule has 0 saturated heterocycles. The summed E-state index contributed by atoms with van der Waals surface area (Å²) in [5, 5.41) is 1.03. The Bertz CT molecular complexity index is 1530. The number of hydrogen-bond donors (Lipinski definition) is 1. The van der Waals surface area contributed by atoms with E-state index in [2.05, 4.69) is 22.5 Å². The number of likely N-dealkylation sites (N-methyl/N-ethyl adjacent to an activating group) is 1. The van der Waals surface area contributed by atoms with Crippen LogP contribution in [-0.4, -0.2) is 83.2 Å². The van der Waals surface area contributed by atoms with Crippen LogP contribution in [0.5, 0.6) is 0 Å². The number of pyridine rings is 1. The third-order valence-corrected chi connectivity index (χ3v) is 7.80. The van der Waals surface area contributed by atoms with Crippen molar-refractivity contribution in [1.29, 1.82) is 0 Å². The molecule has 236 valence electrons. The van der Waals surface area contributed by atoms with Crippen molar-refractivity contribution in [3.05, 3.63) is 65.5 Å². The number of nitrogens with zero attached hydrogens (tertiary/aromatic N) is 5. The van der Waals surface area contributed by atoms with Gasteiger partial charge in [0.2, 0.25) is 5.91 Å². The van der Waals surface area contributed by atoms with E-state index in [0.29, 0.717) is 51.8 Å². The lowest BCUT2D eigenvalue weighted by Crippen LogP contribution is -2.40. The third kappa shape index (κ3) is 8.54. The number of para-hydroxylation sites is 1. The zero-order chi connectivity index (χ0) is 31.5. The number of methoxy groups -OCH3 is 1. The van der Waals surface area contributed by atoms with Gasteiger partial charge in [-0.15, -0.1) is 0 Å². The molecule has 1 amide bonds. The Labute approximate surface area is 260 Å². The van der Waals surface area contributed by atoms with Crippen molar-refractivity contribution >= 4 is 39.6 Å². The second-order valence-corrected chi connectivity index (χ2v) is 11.2. The summed E-state index contributed by atoms with van der Waals surface area (Å²) >= 11 is 0. The minimum Gasteiger partial charge on any atom is -0.469 e. The predicted octanol–water partition coefficient (Wildman–Crippen LogP) is 4.61. The first-order valence-electron chi connectivity index (χ1n) is 15.6. The number of anilines is 1. The lowest BCUT2D eigenvalue weighted by molar-refractivity contribution is -0.139. The molecule has 0 unspecified atom stereocenters. The largest absolute Gasteiger partial charge is 0.469 e. The van der Waals surface area contributed by atoms with Crippen molar-refractivity contribution in [3.8, 4) is 0 Å². The number of carbonyl (C=O) groups is 2. The number of rotatable bonds is 17. The van der Waals surface area contributed by atoms with Crippen molar-refractivity contribution in [2.45, 2.75) is 59.0 Å². The van der Waals surface area contributed by atoms with Gasteiger partial charge in [-0.05, 0) is 44.0 Å². The van der Waals surface area contributed by atoms with Crippen LogP contribution in [0, 0.1) is 0 Å². The molecular weight excluding hydrogens is 556 g/mol.